The molecular weight excluding hydrogens is 334 g/mol. The lowest BCUT2D eigenvalue weighted by molar-refractivity contribution is -0.142. The average molecular weight is 350 g/mol. The van der Waals surface area contributed by atoms with E-state index in [1.807, 2.05) is 0 Å². The highest BCUT2D eigenvalue weighted by atomic mass is 79.9. The molecular formula is C16H16BrNO3. The first kappa shape index (κ1) is 14.3. The largest absolute Gasteiger partial charge is 0.479 e. The van der Waals surface area contributed by atoms with E-state index in [9.17, 15) is 14.7 Å². The van der Waals surface area contributed by atoms with Gasteiger partial charge in [0.15, 0.2) is 6.04 Å². The van der Waals surface area contributed by atoms with Gasteiger partial charge < -0.3 is 10.4 Å². The average Bonchev–Trinajstić information content (AvgIpc) is 3.08. The molecule has 0 aromatic heterocycles. The molecule has 0 aliphatic heterocycles. The number of allylic oxidation sites excluding steroid dienone is 2. The molecule has 0 spiro atoms. The number of nitrogens with one attached hydrogen (secondary N) is 1. The number of hydrogen-bond acceptors (Lipinski definition) is 2. The summed E-state index contributed by atoms with van der Waals surface area (Å²) in [5.74, 6) is -0.514. The molecule has 1 aromatic rings. The van der Waals surface area contributed by atoms with Crippen molar-refractivity contribution < 1.29 is 14.7 Å². The van der Waals surface area contributed by atoms with Crippen LogP contribution in [0.2, 0.25) is 0 Å². The van der Waals surface area contributed by atoms with Crippen molar-refractivity contribution in [1.82, 2.24) is 5.32 Å². The van der Waals surface area contributed by atoms with E-state index < -0.39 is 12.0 Å². The van der Waals surface area contributed by atoms with Gasteiger partial charge in [0, 0.05) is 10.4 Å². The van der Waals surface area contributed by atoms with Crippen molar-refractivity contribution in [3.05, 3.63) is 46.5 Å². The molecule has 0 saturated heterocycles. The van der Waals surface area contributed by atoms with E-state index in [4.69, 9.17) is 0 Å². The Balaban J connectivity index is 1.73. The number of carboxylic acids is 1. The molecule has 1 fully saturated rings. The van der Waals surface area contributed by atoms with Gasteiger partial charge in [0.2, 0.25) is 5.91 Å². The SMILES string of the molecule is O=C(O)C(NC(=O)C1CC2C=CC1C2)c1ccc(Br)cc1. The van der Waals surface area contributed by atoms with Crippen molar-refractivity contribution in [2.24, 2.45) is 17.8 Å². The van der Waals surface area contributed by atoms with Crippen LogP contribution in [0, 0.1) is 17.8 Å². The fraction of sp³-hybridized carbons (Fsp3) is 0.375. The molecule has 2 N–H and O–H groups in total. The van der Waals surface area contributed by atoms with Crippen molar-refractivity contribution in [2.75, 3.05) is 0 Å². The summed E-state index contributed by atoms with van der Waals surface area (Å²) in [4.78, 5) is 23.8. The second kappa shape index (κ2) is 5.64. The maximum Gasteiger partial charge on any atom is 0.330 e. The first-order chi connectivity index (χ1) is 10.0. The van der Waals surface area contributed by atoms with E-state index in [1.54, 1.807) is 24.3 Å². The number of hydrogen-bond donors (Lipinski definition) is 2. The highest BCUT2D eigenvalue weighted by molar-refractivity contribution is 9.10. The van der Waals surface area contributed by atoms with Gasteiger partial charge in [-0.15, -0.1) is 0 Å². The molecule has 3 rings (SSSR count). The van der Waals surface area contributed by atoms with Gasteiger partial charge in [-0.2, -0.15) is 0 Å². The van der Waals surface area contributed by atoms with Crippen LogP contribution in [0.25, 0.3) is 0 Å². The maximum atomic E-state index is 12.4. The number of amides is 1. The van der Waals surface area contributed by atoms with Crippen molar-refractivity contribution in [3.8, 4) is 0 Å². The van der Waals surface area contributed by atoms with E-state index in [1.165, 1.54) is 0 Å². The molecule has 4 nitrogen and oxygen atoms in total. The van der Waals surface area contributed by atoms with Crippen LogP contribution in [0.3, 0.4) is 0 Å². The number of carboxylic acid groups (broad SMARTS) is 1. The van der Waals surface area contributed by atoms with Crippen molar-refractivity contribution in [2.45, 2.75) is 18.9 Å². The number of aliphatic carboxylic acids is 1. The number of halogens is 1. The standard InChI is InChI=1S/C16H16BrNO3/c17-12-5-3-10(4-6-12)14(16(20)21)18-15(19)13-8-9-1-2-11(13)7-9/h1-6,9,11,13-14H,7-8H2,(H,18,19)(H,20,21). The van der Waals surface area contributed by atoms with E-state index in [0.29, 0.717) is 11.5 Å². The summed E-state index contributed by atoms with van der Waals surface area (Å²) in [6.07, 6.45) is 6.11. The van der Waals surface area contributed by atoms with Gasteiger partial charge in [-0.3, -0.25) is 4.79 Å². The van der Waals surface area contributed by atoms with Gasteiger partial charge in [0.25, 0.3) is 0 Å². The molecule has 1 amide bonds. The van der Waals surface area contributed by atoms with Crippen LogP contribution in [0.15, 0.2) is 40.9 Å². The molecule has 2 aliphatic carbocycles. The molecule has 4 unspecified atom stereocenters. The van der Waals surface area contributed by atoms with Crippen LogP contribution in [0.4, 0.5) is 0 Å². The molecule has 0 heterocycles. The molecule has 2 aliphatic rings. The zero-order chi connectivity index (χ0) is 15.0. The lowest BCUT2D eigenvalue weighted by Gasteiger charge is -2.21. The zero-order valence-electron chi connectivity index (χ0n) is 11.3. The second-order valence-electron chi connectivity index (χ2n) is 5.72. The summed E-state index contributed by atoms with van der Waals surface area (Å²) >= 11 is 3.32. The van der Waals surface area contributed by atoms with Gasteiger partial charge >= 0.3 is 5.97 Å². The minimum absolute atomic E-state index is 0.0858. The third-order valence-corrected chi connectivity index (χ3v) is 4.88. The molecule has 1 aromatic carbocycles. The smallest absolute Gasteiger partial charge is 0.330 e. The molecule has 5 heteroatoms. The number of carbonyl (C=O) groups excluding carboxylic acids is 1. The molecule has 4 atom stereocenters. The zero-order valence-corrected chi connectivity index (χ0v) is 12.9. The van der Waals surface area contributed by atoms with E-state index in [2.05, 4.69) is 33.4 Å². The predicted molar refractivity (Wildman–Crippen MR) is 81.5 cm³/mol. The van der Waals surface area contributed by atoms with Crippen LogP contribution in [0.1, 0.15) is 24.4 Å². The van der Waals surface area contributed by atoms with Crippen molar-refractivity contribution in [1.29, 1.82) is 0 Å². The molecule has 21 heavy (non-hydrogen) atoms. The first-order valence-corrected chi connectivity index (χ1v) is 7.81. The summed E-state index contributed by atoms with van der Waals surface area (Å²) in [6.45, 7) is 0. The number of benzene rings is 1. The van der Waals surface area contributed by atoms with Gasteiger partial charge in [0.05, 0.1) is 0 Å². The van der Waals surface area contributed by atoms with E-state index in [-0.39, 0.29) is 17.7 Å². The Morgan fingerprint density at radius 1 is 1.19 bits per heavy atom. The summed E-state index contributed by atoms with van der Waals surface area (Å²) in [7, 11) is 0. The maximum absolute atomic E-state index is 12.4. The van der Waals surface area contributed by atoms with E-state index >= 15 is 0 Å². The predicted octanol–water partition coefficient (Wildman–Crippen LogP) is 2.90. The lowest BCUT2D eigenvalue weighted by atomic mass is 9.92. The highest BCUT2D eigenvalue weighted by Crippen LogP contribution is 2.43. The van der Waals surface area contributed by atoms with Crippen LogP contribution in [-0.4, -0.2) is 17.0 Å². The fourth-order valence-electron chi connectivity index (χ4n) is 3.27. The number of fused-ring (bicyclic) bond motifs is 2. The van der Waals surface area contributed by atoms with Gasteiger partial charge in [0.1, 0.15) is 0 Å². The third-order valence-electron chi connectivity index (χ3n) is 4.35. The Morgan fingerprint density at radius 3 is 2.43 bits per heavy atom. The van der Waals surface area contributed by atoms with Crippen LogP contribution < -0.4 is 5.32 Å². The minimum Gasteiger partial charge on any atom is -0.479 e. The molecule has 2 bridgehead atoms. The van der Waals surface area contributed by atoms with Gasteiger partial charge in [-0.25, -0.2) is 4.79 Å². The Bertz CT molecular complexity index is 596. The van der Waals surface area contributed by atoms with Crippen molar-refractivity contribution >= 4 is 27.8 Å². The van der Waals surface area contributed by atoms with E-state index in [0.717, 1.165) is 17.3 Å². The van der Waals surface area contributed by atoms with Crippen LogP contribution >= 0.6 is 15.9 Å². The van der Waals surface area contributed by atoms with Gasteiger partial charge in [-0.1, -0.05) is 40.2 Å². The fourth-order valence-corrected chi connectivity index (χ4v) is 3.54. The molecule has 110 valence electrons. The Labute approximate surface area is 131 Å². The third kappa shape index (κ3) is 2.88. The summed E-state index contributed by atoms with van der Waals surface area (Å²) in [5, 5.41) is 12.1. The Kier molecular flexibility index (Phi) is 3.85. The molecule has 1 saturated carbocycles. The summed E-state index contributed by atoms with van der Waals surface area (Å²) in [5.41, 5.74) is 0.581. The molecule has 0 radical (unpaired) electrons. The van der Waals surface area contributed by atoms with Gasteiger partial charge in [-0.05, 0) is 42.4 Å². The highest BCUT2D eigenvalue weighted by Gasteiger charge is 2.40. The Hall–Kier alpha value is -1.62. The topological polar surface area (TPSA) is 66.4 Å². The number of rotatable bonds is 4. The summed E-state index contributed by atoms with van der Waals surface area (Å²) < 4.78 is 0.875. The Morgan fingerprint density at radius 2 is 1.90 bits per heavy atom. The lowest BCUT2D eigenvalue weighted by Crippen LogP contribution is -2.39. The van der Waals surface area contributed by atoms with Crippen LogP contribution in [-0.2, 0) is 9.59 Å². The second-order valence-corrected chi connectivity index (χ2v) is 6.63. The first-order valence-electron chi connectivity index (χ1n) is 7.01. The van der Waals surface area contributed by atoms with Crippen LogP contribution in [0.5, 0.6) is 0 Å². The monoisotopic (exact) mass is 349 g/mol. The summed E-state index contributed by atoms with van der Waals surface area (Å²) in [6, 6.07) is 5.98. The minimum atomic E-state index is -1.04. The van der Waals surface area contributed by atoms with Crippen molar-refractivity contribution in [3.63, 3.8) is 0 Å². The normalized spacial score (nSPS) is 27.6. The quantitative estimate of drug-likeness (QED) is 0.821. The number of carbonyl (C=O) groups is 2.